The van der Waals surface area contributed by atoms with Gasteiger partial charge < -0.3 is 10.1 Å². The number of benzene rings is 2. The van der Waals surface area contributed by atoms with Gasteiger partial charge in [0.25, 0.3) is 0 Å². The highest BCUT2D eigenvalue weighted by Gasteiger charge is 2.15. The van der Waals surface area contributed by atoms with Crippen LogP contribution in [0.15, 0.2) is 59.8 Å². The summed E-state index contributed by atoms with van der Waals surface area (Å²) in [7, 11) is 0. The van der Waals surface area contributed by atoms with Crippen LogP contribution in [-0.2, 0) is 0 Å². The summed E-state index contributed by atoms with van der Waals surface area (Å²) in [6.07, 6.45) is -3.24. The molecule has 0 aliphatic heterocycles. The Morgan fingerprint density at radius 3 is 3.14 bits per heavy atom. The van der Waals surface area contributed by atoms with Crippen LogP contribution in [0.5, 0.6) is 5.75 Å². The molecule has 1 N–H and O–H groups in total. The third-order valence-corrected chi connectivity index (χ3v) is 3.55. The lowest BCUT2D eigenvalue weighted by Crippen LogP contribution is -2.15. The van der Waals surface area contributed by atoms with E-state index in [0.717, 1.165) is 11.3 Å². The number of rotatable bonds is 6. The molecule has 2 aromatic carbocycles. The molecule has 0 bridgehead atoms. The van der Waals surface area contributed by atoms with Crippen LogP contribution in [0.3, 0.4) is 0 Å². The first kappa shape index (κ1) is 5.41. The second-order valence-electron chi connectivity index (χ2n) is 3.94. The van der Waals surface area contributed by atoms with E-state index in [1.54, 1.807) is 11.4 Å². The summed E-state index contributed by atoms with van der Waals surface area (Å²) in [5.74, 6) is -0.601. The maximum Gasteiger partial charge on any atom is 0.134 e. The number of fused-ring (bicyclic) bond motifs is 1. The van der Waals surface area contributed by atoms with Crippen molar-refractivity contribution in [3.8, 4) is 5.75 Å². The van der Waals surface area contributed by atoms with Crippen molar-refractivity contribution in [3.05, 3.63) is 64.7 Å². The van der Waals surface area contributed by atoms with Crippen molar-refractivity contribution in [3.63, 3.8) is 0 Å². The molecule has 1 unspecified atom stereocenters. The molecular formula is C18H19NOS. The molecule has 0 saturated heterocycles. The summed E-state index contributed by atoms with van der Waals surface area (Å²) < 4.78 is 110. The van der Waals surface area contributed by atoms with Crippen LogP contribution in [-0.4, -0.2) is 13.5 Å². The van der Waals surface area contributed by atoms with E-state index in [1.807, 2.05) is 5.32 Å². The van der Waals surface area contributed by atoms with Crippen LogP contribution < -0.4 is 10.1 Å². The van der Waals surface area contributed by atoms with Gasteiger partial charge in [0.05, 0.1) is 11.0 Å². The fourth-order valence-electron chi connectivity index (χ4n) is 1.72. The van der Waals surface area contributed by atoms with E-state index in [4.69, 9.17) is 22.6 Å². The molecule has 0 saturated carbocycles. The van der Waals surface area contributed by atoms with Crippen LogP contribution in [0.4, 0.5) is 0 Å². The van der Waals surface area contributed by atoms with Gasteiger partial charge in [-0.05, 0) is 36.3 Å². The fraction of sp³-hybridized carbons (Fsp3) is 0.222. The molecule has 0 aliphatic rings. The first-order chi connectivity index (χ1) is 15.5. The highest BCUT2D eigenvalue weighted by molar-refractivity contribution is 7.10. The zero-order chi connectivity index (χ0) is 25.8. The summed E-state index contributed by atoms with van der Waals surface area (Å²) in [4.78, 5) is 0.124. The minimum Gasteiger partial charge on any atom is -0.484 e. The van der Waals surface area contributed by atoms with Gasteiger partial charge in [-0.3, -0.25) is 0 Å². The van der Waals surface area contributed by atoms with Crippen LogP contribution in [0.25, 0.3) is 10.8 Å². The Morgan fingerprint density at radius 1 is 1.38 bits per heavy atom. The molecule has 0 amide bonds. The minimum atomic E-state index is -2.88. The van der Waals surface area contributed by atoms with Gasteiger partial charge >= 0.3 is 0 Å². The maximum atomic E-state index is 8.94. The molecule has 3 aromatic rings. The molecule has 1 aromatic heterocycles. The fourth-order valence-corrected chi connectivity index (χ4v) is 2.43. The average Bonchev–Trinajstić information content (AvgIpc) is 3.24. The Kier molecular flexibility index (Phi) is 1.74. The monoisotopic (exact) mass is 310 g/mol. The maximum absolute atomic E-state index is 8.94. The van der Waals surface area contributed by atoms with E-state index in [0.29, 0.717) is 0 Å². The summed E-state index contributed by atoms with van der Waals surface area (Å²) in [6.45, 7) is -5.54. The van der Waals surface area contributed by atoms with Crippen LogP contribution >= 0.6 is 11.3 Å². The third-order valence-electron chi connectivity index (χ3n) is 2.64. The SMILES string of the molecule is [2H]c1c([2H])c([2H])c2c(OC([2H])(CC([2H])([2H])NC([2H])([2H])[2H])c3cccs3)c([2H])c([2H])c([2H])c2c1[2H]. The molecule has 1 atom stereocenters. The molecule has 0 radical (unpaired) electrons. The summed E-state index contributed by atoms with van der Waals surface area (Å²) >= 11 is 0.996. The Labute approximate surface area is 147 Å². The zero-order valence-corrected chi connectivity index (χ0v) is 11.6. The summed E-state index contributed by atoms with van der Waals surface area (Å²) in [5.41, 5.74) is 0. The standard InChI is InChI=1S/C18H19NOS/c1-19-12-11-17(18-10-5-13-21-18)20-16-9-4-7-14-6-2-3-8-15(14)16/h2-10,13,17,19H,11-12H2,1H3/i1D3,2D,3D,4D,6D,7D,8D,9D,12D2,17D. The molecule has 0 aliphatic carbocycles. The minimum absolute atomic E-state index is 0.124. The lowest BCUT2D eigenvalue weighted by Gasteiger charge is -2.19. The first-order valence-corrected chi connectivity index (χ1v) is 6.89. The van der Waals surface area contributed by atoms with Gasteiger partial charge in [-0.25, -0.2) is 0 Å². The Balaban J connectivity index is 2.29. The smallest absolute Gasteiger partial charge is 0.134 e. The molecule has 3 heteroatoms. The largest absolute Gasteiger partial charge is 0.484 e. The van der Waals surface area contributed by atoms with E-state index in [9.17, 15) is 0 Å². The molecule has 0 spiro atoms. The number of hydrogen-bond donors (Lipinski definition) is 1. The van der Waals surface area contributed by atoms with Crippen molar-refractivity contribution in [2.45, 2.75) is 12.5 Å². The molecule has 3 rings (SSSR count). The van der Waals surface area contributed by atoms with E-state index in [2.05, 4.69) is 0 Å². The first-order valence-electron chi connectivity index (χ1n) is 12.5. The topological polar surface area (TPSA) is 21.3 Å². The van der Waals surface area contributed by atoms with Crippen LogP contribution in [0, 0.1) is 0 Å². The van der Waals surface area contributed by atoms with Crippen molar-refractivity contribution in [2.24, 2.45) is 0 Å². The van der Waals surface area contributed by atoms with E-state index in [-0.39, 0.29) is 10.3 Å². The number of ether oxygens (including phenoxy) is 1. The number of hydrogen-bond acceptors (Lipinski definition) is 3. The lowest BCUT2D eigenvalue weighted by molar-refractivity contribution is 0.201. The van der Waals surface area contributed by atoms with Gasteiger partial charge in [0, 0.05) is 23.5 Å². The number of nitrogens with one attached hydrogen (secondary N) is 1. The summed E-state index contributed by atoms with van der Waals surface area (Å²) in [5, 5.41) is 2.61. The van der Waals surface area contributed by atoms with Crippen molar-refractivity contribution < 1.29 is 22.6 Å². The van der Waals surface area contributed by atoms with Crippen LogP contribution in [0.2, 0.25) is 0 Å². The highest BCUT2D eigenvalue weighted by Crippen LogP contribution is 2.32. The van der Waals surface area contributed by atoms with Crippen molar-refractivity contribution >= 4 is 22.1 Å². The molecule has 108 valence electrons. The van der Waals surface area contributed by atoms with Gasteiger partial charge in [-0.15, -0.1) is 11.3 Å². The van der Waals surface area contributed by atoms with E-state index in [1.165, 1.54) is 6.07 Å². The second kappa shape index (κ2) is 6.74. The molecule has 2 nitrogen and oxygen atoms in total. The highest BCUT2D eigenvalue weighted by atomic mass is 32.1. The van der Waals surface area contributed by atoms with Gasteiger partial charge in [-0.1, -0.05) is 42.3 Å². The van der Waals surface area contributed by atoms with Gasteiger partial charge in [0.15, 0.2) is 0 Å². The van der Waals surface area contributed by atoms with Crippen molar-refractivity contribution in [1.82, 2.24) is 5.32 Å². The van der Waals surface area contributed by atoms with Crippen molar-refractivity contribution in [1.29, 1.82) is 0 Å². The van der Waals surface area contributed by atoms with Gasteiger partial charge in [0.1, 0.15) is 11.8 Å². The van der Waals surface area contributed by atoms with Gasteiger partial charge in [-0.2, -0.15) is 0 Å². The Morgan fingerprint density at radius 2 is 2.29 bits per heavy atom. The lowest BCUT2D eigenvalue weighted by atomic mass is 10.1. The van der Waals surface area contributed by atoms with Gasteiger partial charge in [0.2, 0.25) is 0 Å². The predicted molar refractivity (Wildman–Crippen MR) is 90.2 cm³/mol. The second-order valence-corrected chi connectivity index (χ2v) is 4.88. The normalized spacial score (nSPS) is 24.1. The Bertz CT molecular complexity index is 1230. The Hall–Kier alpha value is -1.84. The predicted octanol–water partition coefficient (Wildman–Crippen LogP) is 4.63. The van der Waals surface area contributed by atoms with Crippen molar-refractivity contribution in [2.75, 3.05) is 13.5 Å². The van der Waals surface area contributed by atoms with E-state index < -0.39 is 79.4 Å². The average molecular weight is 311 g/mol. The quantitative estimate of drug-likeness (QED) is 0.716. The van der Waals surface area contributed by atoms with E-state index >= 15 is 0 Å². The summed E-state index contributed by atoms with van der Waals surface area (Å²) in [6, 6.07) is -1.66. The molecular weight excluding hydrogens is 278 g/mol. The zero-order valence-electron chi connectivity index (χ0n) is 23.8. The molecule has 21 heavy (non-hydrogen) atoms. The molecule has 0 fully saturated rings. The molecule has 1 heterocycles. The number of thiophene rings is 1. The van der Waals surface area contributed by atoms with Crippen LogP contribution in [0.1, 0.15) is 35.2 Å². The third kappa shape index (κ3) is 3.26.